The van der Waals surface area contributed by atoms with Crippen LogP contribution >= 0.6 is 0 Å². The first kappa shape index (κ1) is 12.4. The van der Waals surface area contributed by atoms with Crippen molar-refractivity contribution in [1.82, 2.24) is 0 Å². The van der Waals surface area contributed by atoms with E-state index < -0.39 is 6.61 Å². The number of aldehydes is 1. The van der Waals surface area contributed by atoms with Crippen LogP contribution in [0.4, 0.5) is 8.78 Å². The topological polar surface area (TPSA) is 26.3 Å². The van der Waals surface area contributed by atoms with Crippen LogP contribution < -0.4 is 4.74 Å². The number of hydrogen-bond acceptors (Lipinski definition) is 2. The molecular formula is C12H12F2O2. The van der Waals surface area contributed by atoms with Crippen molar-refractivity contribution in [3.05, 3.63) is 34.9 Å². The molecule has 0 heterocycles. The molecule has 0 atom stereocenters. The van der Waals surface area contributed by atoms with Gasteiger partial charge in [-0.3, -0.25) is 4.79 Å². The maximum atomic E-state index is 12.1. The van der Waals surface area contributed by atoms with Gasteiger partial charge in [0.2, 0.25) is 0 Å². The Bertz CT molecular complexity index is 388. The van der Waals surface area contributed by atoms with Crippen LogP contribution in [0.1, 0.15) is 16.7 Å². The van der Waals surface area contributed by atoms with Crippen LogP contribution in [0.5, 0.6) is 5.75 Å². The monoisotopic (exact) mass is 226 g/mol. The Morgan fingerprint density at radius 1 is 1.25 bits per heavy atom. The highest BCUT2D eigenvalue weighted by Crippen LogP contribution is 2.26. The van der Waals surface area contributed by atoms with Gasteiger partial charge in [-0.2, -0.15) is 8.78 Å². The summed E-state index contributed by atoms with van der Waals surface area (Å²) in [4.78, 5) is 10.1. The van der Waals surface area contributed by atoms with Crippen molar-refractivity contribution >= 4 is 12.4 Å². The smallest absolute Gasteiger partial charge is 0.387 e. The average molecular weight is 226 g/mol. The molecule has 0 aromatic heterocycles. The first-order chi connectivity index (χ1) is 7.54. The molecule has 0 amide bonds. The molecular weight excluding hydrogens is 214 g/mol. The van der Waals surface area contributed by atoms with Gasteiger partial charge >= 0.3 is 6.61 Å². The fraction of sp³-hybridized carbons (Fsp3) is 0.250. The molecule has 0 spiro atoms. The summed E-state index contributed by atoms with van der Waals surface area (Å²) in [6.45, 7) is 0.542. The van der Waals surface area contributed by atoms with Crippen LogP contribution in [0.25, 0.3) is 6.08 Å². The van der Waals surface area contributed by atoms with Crippen LogP contribution in [0.15, 0.2) is 18.2 Å². The van der Waals surface area contributed by atoms with E-state index >= 15 is 0 Å². The van der Waals surface area contributed by atoms with Gasteiger partial charge in [-0.15, -0.1) is 0 Å². The quantitative estimate of drug-likeness (QED) is 0.582. The fourth-order valence-electron chi connectivity index (χ4n) is 1.51. The van der Waals surface area contributed by atoms with E-state index in [2.05, 4.69) is 4.74 Å². The molecule has 1 aromatic carbocycles. The number of carbonyl (C=O) groups is 1. The Morgan fingerprint density at radius 2 is 1.81 bits per heavy atom. The third kappa shape index (κ3) is 3.15. The maximum absolute atomic E-state index is 12.1. The Balaban J connectivity index is 3.06. The molecule has 0 aliphatic rings. The van der Waals surface area contributed by atoms with Crippen LogP contribution in [-0.2, 0) is 4.79 Å². The van der Waals surface area contributed by atoms with E-state index in [1.807, 2.05) is 0 Å². The van der Waals surface area contributed by atoms with E-state index in [9.17, 15) is 13.6 Å². The Morgan fingerprint density at radius 3 is 2.25 bits per heavy atom. The molecule has 1 aromatic rings. The predicted molar refractivity (Wildman–Crippen MR) is 57.6 cm³/mol. The van der Waals surface area contributed by atoms with E-state index in [1.54, 1.807) is 32.1 Å². The van der Waals surface area contributed by atoms with Gasteiger partial charge < -0.3 is 4.74 Å². The Labute approximate surface area is 92.5 Å². The molecule has 0 bridgehead atoms. The van der Waals surface area contributed by atoms with Gasteiger partial charge in [0.1, 0.15) is 12.0 Å². The number of alkyl halides is 2. The number of carbonyl (C=O) groups excluding carboxylic acids is 1. The van der Waals surface area contributed by atoms with Gasteiger partial charge in [0.15, 0.2) is 0 Å². The molecule has 1 rings (SSSR count). The normalized spacial score (nSPS) is 11.1. The van der Waals surface area contributed by atoms with Crippen molar-refractivity contribution in [2.45, 2.75) is 20.5 Å². The summed E-state index contributed by atoms with van der Waals surface area (Å²) < 4.78 is 28.6. The molecule has 0 aliphatic carbocycles. The van der Waals surface area contributed by atoms with Crippen LogP contribution in [0.3, 0.4) is 0 Å². The standard InChI is InChI=1S/C12H12F2O2/c1-8-6-10(4-3-5-15)7-9(2)11(8)16-12(13)14/h3-7,12H,1-2H3. The average Bonchev–Trinajstić information content (AvgIpc) is 2.20. The SMILES string of the molecule is Cc1cc(C=CC=O)cc(C)c1OC(F)F. The minimum absolute atomic E-state index is 0.193. The number of rotatable bonds is 4. The second-order valence-corrected chi connectivity index (χ2v) is 3.36. The van der Waals surface area contributed by atoms with Gasteiger partial charge in [0, 0.05) is 0 Å². The summed E-state index contributed by atoms with van der Waals surface area (Å²) in [6.07, 6.45) is 3.62. The molecule has 0 fully saturated rings. The molecule has 0 N–H and O–H groups in total. The number of aryl methyl sites for hydroxylation is 2. The molecule has 0 saturated carbocycles. The lowest BCUT2D eigenvalue weighted by atomic mass is 10.1. The van der Waals surface area contributed by atoms with Crippen molar-refractivity contribution in [2.24, 2.45) is 0 Å². The number of hydrogen-bond donors (Lipinski definition) is 0. The summed E-state index contributed by atoms with van der Waals surface area (Å²) in [6, 6.07) is 3.37. The summed E-state index contributed by atoms with van der Waals surface area (Å²) in [5, 5.41) is 0. The van der Waals surface area contributed by atoms with Crippen molar-refractivity contribution in [3.8, 4) is 5.75 Å². The van der Waals surface area contributed by atoms with Crippen molar-refractivity contribution in [1.29, 1.82) is 0 Å². The maximum Gasteiger partial charge on any atom is 0.387 e. The van der Waals surface area contributed by atoms with Crippen molar-refractivity contribution in [2.75, 3.05) is 0 Å². The first-order valence-electron chi connectivity index (χ1n) is 4.72. The van der Waals surface area contributed by atoms with Crippen LogP contribution in [0, 0.1) is 13.8 Å². The van der Waals surface area contributed by atoms with Crippen molar-refractivity contribution in [3.63, 3.8) is 0 Å². The third-order valence-electron chi connectivity index (χ3n) is 2.06. The second-order valence-electron chi connectivity index (χ2n) is 3.36. The molecule has 16 heavy (non-hydrogen) atoms. The van der Waals surface area contributed by atoms with Gasteiger partial charge in [-0.25, -0.2) is 0 Å². The highest BCUT2D eigenvalue weighted by Gasteiger charge is 2.10. The van der Waals surface area contributed by atoms with Crippen LogP contribution in [-0.4, -0.2) is 12.9 Å². The van der Waals surface area contributed by atoms with Crippen LogP contribution in [0.2, 0.25) is 0 Å². The zero-order valence-electron chi connectivity index (χ0n) is 9.04. The summed E-state index contributed by atoms with van der Waals surface area (Å²) in [5.41, 5.74) is 2.01. The molecule has 0 saturated heterocycles. The second kappa shape index (κ2) is 5.39. The highest BCUT2D eigenvalue weighted by atomic mass is 19.3. The van der Waals surface area contributed by atoms with Gasteiger partial charge in [-0.1, -0.05) is 6.08 Å². The third-order valence-corrected chi connectivity index (χ3v) is 2.06. The highest BCUT2D eigenvalue weighted by molar-refractivity contribution is 5.74. The number of halogens is 2. The van der Waals surface area contributed by atoms with E-state index in [0.717, 1.165) is 5.56 Å². The van der Waals surface area contributed by atoms with E-state index in [-0.39, 0.29) is 5.75 Å². The molecule has 4 heteroatoms. The Hall–Kier alpha value is -1.71. The predicted octanol–water partition coefficient (Wildman–Crippen LogP) is 3.12. The minimum atomic E-state index is -2.83. The fourth-order valence-corrected chi connectivity index (χ4v) is 1.51. The molecule has 0 aliphatic heterocycles. The molecule has 0 unspecified atom stereocenters. The van der Waals surface area contributed by atoms with E-state index in [4.69, 9.17) is 0 Å². The molecule has 2 nitrogen and oxygen atoms in total. The van der Waals surface area contributed by atoms with Gasteiger partial charge in [0.05, 0.1) is 0 Å². The zero-order chi connectivity index (χ0) is 12.1. The Kier molecular flexibility index (Phi) is 4.17. The summed E-state index contributed by atoms with van der Waals surface area (Å²) in [7, 11) is 0. The molecule has 0 radical (unpaired) electrons. The van der Waals surface area contributed by atoms with Crippen molar-refractivity contribution < 1.29 is 18.3 Å². The largest absolute Gasteiger partial charge is 0.434 e. The number of allylic oxidation sites excluding steroid dienone is 1. The van der Waals surface area contributed by atoms with Gasteiger partial charge in [0.25, 0.3) is 0 Å². The number of benzene rings is 1. The van der Waals surface area contributed by atoms with E-state index in [0.29, 0.717) is 17.4 Å². The minimum Gasteiger partial charge on any atom is -0.434 e. The zero-order valence-corrected chi connectivity index (χ0v) is 9.04. The van der Waals surface area contributed by atoms with E-state index in [1.165, 1.54) is 6.08 Å². The van der Waals surface area contributed by atoms with Gasteiger partial charge in [-0.05, 0) is 48.7 Å². The number of ether oxygens (including phenoxy) is 1. The lowest BCUT2D eigenvalue weighted by Crippen LogP contribution is -2.05. The summed E-state index contributed by atoms with van der Waals surface area (Å²) in [5.74, 6) is 0.193. The molecule has 86 valence electrons. The lowest BCUT2D eigenvalue weighted by Gasteiger charge is -2.11. The lowest BCUT2D eigenvalue weighted by molar-refractivity contribution is -0.104. The first-order valence-corrected chi connectivity index (χ1v) is 4.72. The summed E-state index contributed by atoms with van der Waals surface area (Å²) >= 11 is 0.